The number of nitrogens with zero attached hydrogens (tertiary/aromatic N) is 1. The lowest BCUT2D eigenvalue weighted by Crippen LogP contribution is -1.97. The summed E-state index contributed by atoms with van der Waals surface area (Å²) in [4.78, 5) is 4.20. The first-order chi connectivity index (χ1) is 8.70. The van der Waals surface area contributed by atoms with Gasteiger partial charge in [0.2, 0.25) is 0 Å². The monoisotopic (exact) mass is 319 g/mol. The molecule has 0 saturated carbocycles. The Morgan fingerprint density at radius 2 is 1.83 bits per heavy atom. The zero-order valence-electron chi connectivity index (χ0n) is 9.38. The summed E-state index contributed by atoms with van der Waals surface area (Å²) in [6.45, 7) is 0. The quantitative estimate of drug-likeness (QED) is 0.674. The van der Waals surface area contributed by atoms with Crippen LogP contribution in [0.2, 0.25) is 0 Å². The molecule has 2 aromatic rings. The molecule has 2 aromatic carbocycles. The van der Waals surface area contributed by atoms with Crippen molar-refractivity contribution >= 4 is 33.3 Å². The van der Waals surface area contributed by atoms with Gasteiger partial charge in [0.1, 0.15) is 11.8 Å². The number of isothiocyanates is 1. The van der Waals surface area contributed by atoms with Gasteiger partial charge in [-0.05, 0) is 47.6 Å². The van der Waals surface area contributed by atoms with Crippen molar-refractivity contribution in [1.82, 2.24) is 0 Å². The van der Waals surface area contributed by atoms with Crippen molar-refractivity contribution < 1.29 is 5.11 Å². The van der Waals surface area contributed by atoms with Crippen LogP contribution < -0.4 is 0 Å². The van der Waals surface area contributed by atoms with E-state index in [0.29, 0.717) is 0 Å². The molecule has 2 nitrogen and oxygen atoms in total. The maximum Gasteiger partial charge on any atom is 0.115 e. The van der Waals surface area contributed by atoms with E-state index < -0.39 is 0 Å². The van der Waals surface area contributed by atoms with Gasteiger partial charge in [0, 0.05) is 4.47 Å². The predicted octanol–water partition coefficient (Wildman–Crippen LogP) is 4.35. The van der Waals surface area contributed by atoms with Crippen LogP contribution >= 0.6 is 28.1 Å². The van der Waals surface area contributed by atoms with Gasteiger partial charge in [-0.3, -0.25) is 0 Å². The van der Waals surface area contributed by atoms with Gasteiger partial charge in [0.25, 0.3) is 0 Å². The summed E-state index contributed by atoms with van der Waals surface area (Å²) in [5.74, 6) is 0.234. The van der Waals surface area contributed by atoms with Crippen LogP contribution in [0.5, 0.6) is 5.75 Å². The molecular formula is C14H10BrNOS. The highest BCUT2D eigenvalue weighted by atomic mass is 79.9. The van der Waals surface area contributed by atoms with E-state index in [1.807, 2.05) is 36.4 Å². The van der Waals surface area contributed by atoms with Gasteiger partial charge in [-0.1, -0.05) is 40.2 Å². The van der Waals surface area contributed by atoms with Gasteiger partial charge >= 0.3 is 0 Å². The molecule has 2 rings (SSSR count). The minimum Gasteiger partial charge on any atom is -0.508 e. The molecule has 90 valence electrons. The van der Waals surface area contributed by atoms with Crippen molar-refractivity contribution in [1.29, 1.82) is 0 Å². The van der Waals surface area contributed by atoms with Crippen LogP contribution in [0.3, 0.4) is 0 Å². The first kappa shape index (κ1) is 13.0. The summed E-state index contributed by atoms with van der Waals surface area (Å²) >= 11 is 8.15. The van der Waals surface area contributed by atoms with E-state index in [-0.39, 0.29) is 11.8 Å². The topological polar surface area (TPSA) is 32.6 Å². The summed E-state index contributed by atoms with van der Waals surface area (Å²) in [7, 11) is 0. The molecule has 1 N–H and O–H groups in total. The smallest absolute Gasteiger partial charge is 0.115 e. The number of hydrogen-bond acceptors (Lipinski definition) is 3. The average molecular weight is 320 g/mol. The molecule has 0 spiro atoms. The minimum absolute atomic E-state index is 0.194. The third-order valence-corrected chi connectivity index (χ3v) is 3.15. The standard InChI is InChI=1S/C14H10BrNOS/c15-12-3-1-2-11(8-12)14(16-9-18)10-4-6-13(17)7-5-10/h1-8,14,17H. The van der Waals surface area contributed by atoms with Crippen molar-refractivity contribution in [2.75, 3.05) is 0 Å². The number of aliphatic imine (C=N–C) groups is 1. The van der Waals surface area contributed by atoms with Crippen LogP contribution in [-0.2, 0) is 0 Å². The van der Waals surface area contributed by atoms with E-state index in [2.05, 4.69) is 26.1 Å². The summed E-state index contributed by atoms with van der Waals surface area (Å²) in [5, 5.41) is 11.7. The number of rotatable bonds is 3. The Bertz CT molecular complexity index is 591. The van der Waals surface area contributed by atoms with Gasteiger partial charge in [-0.25, -0.2) is 4.99 Å². The predicted molar refractivity (Wildman–Crippen MR) is 79.1 cm³/mol. The average Bonchev–Trinajstić information content (AvgIpc) is 2.37. The van der Waals surface area contributed by atoms with Gasteiger partial charge in [-0.2, -0.15) is 0 Å². The summed E-state index contributed by atoms with van der Waals surface area (Å²) in [6.07, 6.45) is 0. The molecule has 18 heavy (non-hydrogen) atoms. The van der Waals surface area contributed by atoms with Crippen molar-refractivity contribution in [2.45, 2.75) is 6.04 Å². The SMILES string of the molecule is Oc1ccc(C(N=C=S)c2cccc(Br)c2)cc1. The fourth-order valence-electron chi connectivity index (χ4n) is 1.73. The maximum atomic E-state index is 9.31. The second kappa shape index (κ2) is 5.91. The molecule has 1 unspecified atom stereocenters. The van der Waals surface area contributed by atoms with Gasteiger partial charge < -0.3 is 5.11 Å². The molecular weight excluding hydrogens is 310 g/mol. The summed E-state index contributed by atoms with van der Waals surface area (Å²) in [5.41, 5.74) is 1.98. The van der Waals surface area contributed by atoms with E-state index in [9.17, 15) is 5.11 Å². The molecule has 0 radical (unpaired) electrons. The largest absolute Gasteiger partial charge is 0.508 e. The van der Waals surface area contributed by atoms with Gasteiger partial charge in [0.15, 0.2) is 0 Å². The van der Waals surface area contributed by atoms with Crippen LogP contribution in [0, 0.1) is 0 Å². The summed E-state index contributed by atoms with van der Waals surface area (Å²) in [6, 6.07) is 14.6. The molecule has 4 heteroatoms. The highest BCUT2D eigenvalue weighted by molar-refractivity contribution is 9.10. The second-order valence-corrected chi connectivity index (χ2v) is 4.87. The molecule has 0 amide bonds. The van der Waals surface area contributed by atoms with Crippen LogP contribution in [0.4, 0.5) is 0 Å². The molecule has 0 fully saturated rings. The molecule has 0 aliphatic carbocycles. The van der Waals surface area contributed by atoms with E-state index in [1.165, 1.54) is 0 Å². The minimum atomic E-state index is -0.194. The number of thiocarbonyl (C=S) groups is 1. The zero-order chi connectivity index (χ0) is 13.0. The number of benzene rings is 2. The number of hydrogen-bond donors (Lipinski definition) is 1. The Balaban J connectivity index is 2.46. The Kier molecular flexibility index (Phi) is 4.26. The maximum absolute atomic E-state index is 9.31. The van der Waals surface area contributed by atoms with Crippen molar-refractivity contribution in [3.63, 3.8) is 0 Å². The fourth-order valence-corrected chi connectivity index (χ4v) is 2.25. The highest BCUT2D eigenvalue weighted by Gasteiger charge is 2.12. The number of halogens is 1. The van der Waals surface area contributed by atoms with E-state index in [1.54, 1.807) is 12.1 Å². The van der Waals surface area contributed by atoms with E-state index in [0.717, 1.165) is 15.6 Å². The Morgan fingerprint density at radius 1 is 1.11 bits per heavy atom. The summed E-state index contributed by atoms with van der Waals surface area (Å²) < 4.78 is 0.989. The molecule has 0 saturated heterocycles. The molecule has 0 heterocycles. The molecule has 0 aliphatic rings. The first-order valence-electron chi connectivity index (χ1n) is 5.32. The Hall–Kier alpha value is -1.48. The molecule has 0 bridgehead atoms. The molecule has 0 aliphatic heterocycles. The van der Waals surface area contributed by atoms with Crippen molar-refractivity contribution in [2.24, 2.45) is 4.99 Å². The van der Waals surface area contributed by atoms with E-state index >= 15 is 0 Å². The third-order valence-electron chi connectivity index (χ3n) is 2.56. The highest BCUT2D eigenvalue weighted by Crippen LogP contribution is 2.28. The van der Waals surface area contributed by atoms with E-state index in [4.69, 9.17) is 12.2 Å². The van der Waals surface area contributed by atoms with Gasteiger partial charge in [-0.15, -0.1) is 0 Å². The fraction of sp³-hybridized carbons (Fsp3) is 0.0714. The number of phenolic OH excluding ortho intramolecular Hbond substituents is 1. The van der Waals surface area contributed by atoms with Crippen LogP contribution in [0.15, 0.2) is 58.0 Å². The zero-order valence-corrected chi connectivity index (χ0v) is 11.8. The van der Waals surface area contributed by atoms with Crippen LogP contribution in [0.25, 0.3) is 0 Å². The Morgan fingerprint density at radius 3 is 2.44 bits per heavy atom. The van der Waals surface area contributed by atoms with Crippen LogP contribution in [0.1, 0.15) is 17.2 Å². The van der Waals surface area contributed by atoms with Crippen LogP contribution in [-0.4, -0.2) is 10.3 Å². The number of aromatic hydroxyl groups is 1. The number of phenols is 1. The lowest BCUT2D eigenvalue weighted by molar-refractivity contribution is 0.475. The lowest BCUT2D eigenvalue weighted by atomic mass is 9.99. The van der Waals surface area contributed by atoms with Crippen molar-refractivity contribution in [3.8, 4) is 5.75 Å². The first-order valence-corrected chi connectivity index (χ1v) is 6.52. The molecule has 0 aromatic heterocycles. The van der Waals surface area contributed by atoms with Crippen molar-refractivity contribution in [3.05, 3.63) is 64.1 Å². The lowest BCUT2D eigenvalue weighted by Gasteiger charge is -2.12. The Labute approximate surface area is 119 Å². The third kappa shape index (κ3) is 3.05. The molecule has 1 atom stereocenters. The second-order valence-electron chi connectivity index (χ2n) is 3.77. The normalized spacial score (nSPS) is 11.6. The van der Waals surface area contributed by atoms with Gasteiger partial charge in [0.05, 0.1) is 5.16 Å².